The fourth-order valence-electron chi connectivity index (χ4n) is 3.66. The van der Waals surface area contributed by atoms with Gasteiger partial charge in [-0.1, -0.05) is 33.6 Å². The maximum Gasteiger partial charge on any atom is 0.247 e. The van der Waals surface area contributed by atoms with Gasteiger partial charge in [-0.05, 0) is 48.4 Å². The Bertz CT molecular complexity index is 660. The van der Waals surface area contributed by atoms with Crippen molar-refractivity contribution < 1.29 is 8.81 Å². The van der Waals surface area contributed by atoms with E-state index in [1.54, 1.807) is 12.1 Å². The second-order valence-corrected chi connectivity index (χ2v) is 7.75. The summed E-state index contributed by atoms with van der Waals surface area (Å²) in [5.74, 6) is 1.40. The van der Waals surface area contributed by atoms with Gasteiger partial charge in [0.1, 0.15) is 5.82 Å². The number of aromatic nitrogens is 2. The SMILES string of the molecule is CC(C)(C)C1CCCCC1NCc1nnc(-c2ccc(F)cc2)o1. The maximum absolute atomic E-state index is 13.0. The van der Waals surface area contributed by atoms with Gasteiger partial charge in [0, 0.05) is 11.6 Å². The van der Waals surface area contributed by atoms with Crippen molar-refractivity contribution >= 4 is 0 Å². The van der Waals surface area contributed by atoms with Crippen LogP contribution in [0, 0.1) is 17.2 Å². The van der Waals surface area contributed by atoms with E-state index in [-0.39, 0.29) is 5.82 Å². The Kier molecular flexibility index (Phi) is 4.99. The summed E-state index contributed by atoms with van der Waals surface area (Å²) >= 11 is 0. The van der Waals surface area contributed by atoms with E-state index in [1.807, 2.05) is 0 Å². The van der Waals surface area contributed by atoms with Crippen molar-refractivity contribution in [2.75, 3.05) is 0 Å². The second-order valence-electron chi connectivity index (χ2n) is 7.75. The number of benzene rings is 1. The quantitative estimate of drug-likeness (QED) is 0.891. The van der Waals surface area contributed by atoms with Crippen molar-refractivity contribution in [2.45, 2.75) is 59.0 Å². The normalized spacial score (nSPS) is 21.8. The lowest BCUT2D eigenvalue weighted by Crippen LogP contribution is -2.43. The van der Waals surface area contributed by atoms with Gasteiger partial charge >= 0.3 is 0 Å². The topological polar surface area (TPSA) is 51.0 Å². The number of halogens is 1. The van der Waals surface area contributed by atoms with Gasteiger partial charge in [-0.3, -0.25) is 0 Å². The number of nitrogens with one attached hydrogen (secondary N) is 1. The Hall–Kier alpha value is -1.75. The molecule has 1 aromatic heterocycles. The summed E-state index contributed by atoms with van der Waals surface area (Å²) in [6.07, 6.45) is 5.05. The third-order valence-electron chi connectivity index (χ3n) is 4.95. The summed E-state index contributed by atoms with van der Waals surface area (Å²) < 4.78 is 18.7. The van der Waals surface area contributed by atoms with Crippen LogP contribution in [-0.4, -0.2) is 16.2 Å². The average Bonchev–Trinajstić information content (AvgIpc) is 3.02. The highest BCUT2D eigenvalue weighted by Crippen LogP contribution is 2.38. The highest BCUT2D eigenvalue weighted by molar-refractivity contribution is 5.51. The van der Waals surface area contributed by atoms with Gasteiger partial charge in [-0.15, -0.1) is 10.2 Å². The molecule has 0 spiro atoms. The molecule has 0 aliphatic heterocycles. The summed E-state index contributed by atoms with van der Waals surface area (Å²) in [6, 6.07) is 6.58. The third kappa shape index (κ3) is 4.01. The molecule has 1 N–H and O–H groups in total. The van der Waals surface area contributed by atoms with Crippen LogP contribution in [0.1, 0.15) is 52.3 Å². The Morgan fingerprint density at radius 3 is 2.54 bits per heavy atom. The molecule has 24 heavy (non-hydrogen) atoms. The zero-order valence-electron chi connectivity index (χ0n) is 14.7. The van der Waals surface area contributed by atoms with Crippen LogP contribution in [-0.2, 0) is 6.54 Å². The molecule has 0 saturated heterocycles. The van der Waals surface area contributed by atoms with Crippen molar-refractivity contribution in [1.29, 1.82) is 0 Å². The number of rotatable bonds is 4. The molecule has 1 fully saturated rings. The van der Waals surface area contributed by atoms with E-state index in [9.17, 15) is 4.39 Å². The molecule has 2 atom stereocenters. The monoisotopic (exact) mass is 331 g/mol. The van der Waals surface area contributed by atoms with Crippen LogP contribution in [0.25, 0.3) is 11.5 Å². The van der Waals surface area contributed by atoms with Gasteiger partial charge < -0.3 is 9.73 Å². The highest BCUT2D eigenvalue weighted by atomic mass is 19.1. The molecule has 130 valence electrons. The van der Waals surface area contributed by atoms with Gasteiger partial charge in [-0.2, -0.15) is 0 Å². The van der Waals surface area contributed by atoms with Crippen LogP contribution in [0.4, 0.5) is 4.39 Å². The molecule has 1 heterocycles. The molecule has 2 unspecified atom stereocenters. The average molecular weight is 331 g/mol. The molecule has 1 aromatic carbocycles. The molecule has 3 rings (SSSR count). The van der Waals surface area contributed by atoms with Crippen molar-refractivity contribution in [3.63, 3.8) is 0 Å². The van der Waals surface area contributed by atoms with Crippen LogP contribution < -0.4 is 5.32 Å². The van der Waals surface area contributed by atoms with E-state index in [0.29, 0.717) is 35.7 Å². The fraction of sp³-hybridized carbons (Fsp3) is 0.579. The van der Waals surface area contributed by atoms with Crippen molar-refractivity contribution in [3.8, 4) is 11.5 Å². The minimum atomic E-state index is -0.273. The van der Waals surface area contributed by atoms with Gasteiger partial charge in [-0.25, -0.2) is 4.39 Å². The molecular weight excluding hydrogens is 305 g/mol. The molecule has 1 saturated carbocycles. The van der Waals surface area contributed by atoms with Crippen LogP contribution in [0.3, 0.4) is 0 Å². The summed E-state index contributed by atoms with van der Waals surface area (Å²) in [6.45, 7) is 7.52. The third-order valence-corrected chi connectivity index (χ3v) is 4.95. The number of nitrogens with zero attached hydrogens (tertiary/aromatic N) is 2. The molecule has 0 radical (unpaired) electrons. The second kappa shape index (κ2) is 7.01. The summed E-state index contributed by atoms with van der Waals surface area (Å²) in [5.41, 5.74) is 1.03. The van der Waals surface area contributed by atoms with Crippen LogP contribution >= 0.6 is 0 Å². The first-order chi connectivity index (χ1) is 11.4. The zero-order chi connectivity index (χ0) is 17.2. The predicted octanol–water partition coefficient (Wildman–Crippen LogP) is 4.57. The van der Waals surface area contributed by atoms with E-state index in [0.717, 1.165) is 5.56 Å². The van der Waals surface area contributed by atoms with Gasteiger partial charge in [0.25, 0.3) is 0 Å². The summed E-state index contributed by atoms with van der Waals surface area (Å²) in [4.78, 5) is 0. The Morgan fingerprint density at radius 1 is 1.12 bits per heavy atom. The maximum atomic E-state index is 13.0. The summed E-state index contributed by atoms with van der Waals surface area (Å²) in [5, 5.41) is 11.8. The Labute approximate surface area is 142 Å². The van der Waals surface area contributed by atoms with Gasteiger partial charge in [0.05, 0.1) is 6.54 Å². The minimum Gasteiger partial charge on any atom is -0.419 e. The molecule has 0 amide bonds. The van der Waals surface area contributed by atoms with E-state index < -0.39 is 0 Å². The smallest absolute Gasteiger partial charge is 0.247 e. The first kappa shape index (κ1) is 17.1. The number of hydrogen-bond acceptors (Lipinski definition) is 4. The molecule has 4 nitrogen and oxygen atoms in total. The molecule has 5 heteroatoms. The molecular formula is C19H26FN3O. The Morgan fingerprint density at radius 2 is 1.83 bits per heavy atom. The summed E-state index contributed by atoms with van der Waals surface area (Å²) in [7, 11) is 0. The molecule has 1 aliphatic carbocycles. The van der Waals surface area contributed by atoms with E-state index >= 15 is 0 Å². The van der Waals surface area contributed by atoms with Crippen LogP contribution in [0.15, 0.2) is 28.7 Å². The first-order valence-corrected chi connectivity index (χ1v) is 8.75. The Balaban J connectivity index is 1.63. The first-order valence-electron chi connectivity index (χ1n) is 8.75. The standard InChI is InChI=1S/C19H26FN3O/c1-19(2,3)15-6-4-5-7-16(15)21-12-17-22-23-18(24-17)13-8-10-14(20)11-9-13/h8-11,15-16,21H,4-7,12H2,1-3H3. The lowest BCUT2D eigenvalue weighted by atomic mass is 9.69. The highest BCUT2D eigenvalue weighted by Gasteiger charge is 2.33. The minimum absolute atomic E-state index is 0.273. The van der Waals surface area contributed by atoms with Crippen LogP contribution in [0.2, 0.25) is 0 Å². The van der Waals surface area contributed by atoms with Gasteiger partial charge in [0.2, 0.25) is 11.8 Å². The molecule has 0 bridgehead atoms. The lowest BCUT2D eigenvalue weighted by molar-refractivity contribution is 0.128. The van der Waals surface area contributed by atoms with E-state index in [4.69, 9.17) is 4.42 Å². The van der Waals surface area contributed by atoms with Crippen molar-refractivity contribution in [2.24, 2.45) is 11.3 Å². The van der Waals surface area contributed by atoms with E-state index in [1.165, 1.54) is 37.8 Å². The van der Waals surface area contributed by atoms with Crippen molar-refractivity contribution in [3.05, 3.63) is 36.0 Å². The fourth-order valence-corrected chi connectivity index (χ4v) is 3.66. The molecule has 1 aliphatic rings. The van der Waals surface area contributed by atoms with Crippen LogP contribution in [0.5, 0.6) is 0 Å². The van der Waals surface area contributed by atoms with Crippen molar-refractivity contribution in [1.82, 2.24) is 15.5 Å². The molecule has 2 aromatic rings. The lowest BCUT2D eigenvalue weighted by Gasteiger charge is -2.40. The van der Waals surface area contributed by atoms with Gasteiger partial charge in [0.15, 0.2) is 0 Å². The largest absolute Gasteiger partial charge is 0.419 e. The predicted molar refractivity (Wildman–Crippen MR) is 91.7 cm³/mol. The van der Waals surface area contributed by atoms with E-state index in [2.05, 4.69) is 36.3 Å². The zero-order valence-corrected chi connectivity index (χ0v) is 14.7. The number of hydrogen-bond donors (Lipinski definition) is 1.